The zero-order chi connectivity index (χ0) is 18.6. The highest BCUT2D eigenvalue weighted by Gasteiger charge is 2.20. The molecule has 0 spiro atoms. The Morgan fingerprint density at radius 1 is 1.19 bits per heavy atom. The van der Waals surface area contributed by atoms with Gasteiger partial charge in [0.05, 0.1) is 6.61 Å². The Morgan fingerprint density at radius 2 is 1.96 bits per heavy atom. The summed E-state index contributed by atoms with van der Waals surface area (Å²) in [5.41, 5.74) is 3.11. The van der Waals surface area contributed by atoms with Crippen LogP contribution in [0.15, 0.2) is 53.9 Å². The van der Waals surface area contributed by atoms with Gasteiger partial charge in [-0.15, -0.1) is 0 Å². The van der Waals surface area contributed by atoms with Crippen LogP contribution < -0.4 is 9.46 Å². The number of hydrogen-bond donors (Lipinski definition) is 1. The monoisotopic (exact) mass is 372 g/mol. The van der Waals surface area contributed by atoms with Crippen molar-refractivity contribution in [1.82, 2.24) is 9.62 Å². The van der Waals surface area contributed by atoms with Crippen molar-refractivity contribution >= 4 is 16.1 Å². The van der Waals surface area contributed by atoms with Crippen LogP contribution in [-0.2, 0) is 16.4 Å². The van der Waals surface area contributed by atoms with Crippen LogP contribution in [-0.4, -0.2) is 40.6 Å². The van der Waals surface area contributed by atoms with Crippen LogP contribution in [0.1, 0.15) is 22.7 Å². The summed E-state index contributed by atoms with van der Waals surface area (Å²) < 4.78 is 32.9. The Hall–Kier alpha value is -2.15. The van der Waals surface area contributed by atoms with E-state index < -0.39 is 10.0 Å². The molecule has 5 nitrogen and oxygen atoms in total. The van der Waals surface area contributed by atoms with Gasteiger partial charge in [-0.2, -0.15) is 0 Å². The summed E-state index contributed by atoms with van der Waals surface area (Å²) in [6, 6.07) is 15.4. The zero-order valence-corrected chi connectivity index (χ0v) is 15.9. The number of sulfonamides is 1. The van der Waals surface area contributed by atoms with Crippen molar-refractivity contribution in [3.8, 4) is 5.75 Å². The highest BCUT2D eigenvalue weighted by Crippen LogP contribution is 2.29. The summed E-state index contributed by atoms with van der Waals surface area (Å²) in [6.07, 6.45) is 2.49. The molecule has 0 radical (unpaired) electrons. The lowest BCUT2D eigenvalue weighted by Crippen LogP contribution is -2.33. The maximum Gasteiger partial charge on any atom is 0.233 e. The molecule has 1 N–H and O–H groups in total. The first-order valence-corrected chi connectivity index (χ1v) is 10.1. The second-order valence-corrected chi connectivity index (χ2v) is 8.20. The van der Waals surface area contributed by atoms with Gasteiger partial charge in [0.15, 0.2) is 0 Å². The Labute approximate surface area is 155 Å². The van der Waals surface area contributed by atoms with Crippen LogP contribution in [0.25, 0.3) is 6.08 Å². The zero-order valence-electron chi connectivity index (χ0n) is 15.1. The SMILES string of the molecule is CN(C)C(CNS(=O)(=O)/C=C/c1ccccc1)c1ccc2c(c1)CCO2. The van der Waals surface area contributed by atoms with E-state index in [0.29, 0.717) is 13.2 Å². The summed E-state index contributed by atoms with van der Waals surface area (Å²) in [4.78, 5) is 2.01. The third kappa shape index (κ3) is 4.72. The van der Waals surface area contributed by atoms with Gasteiger partial charge in [-0.25, -0.2) is 13.1 Å². The average molecular weight is 372 g/mol. The minimum atomic E-state index is -3.51. The molecule has 138 valence electrons. The molecule has 0 fully saturated rings. The lowest BCUT2D eigenvalue weighted by Gasteiger charge is -2.25. The minimum absolute atomic E-state index is 0.0548. The van der Waals surface area contributed by atoms with Gasteiger partial charge in [0.25, 0.3) is 0 Å². The standard InChI is InChI=1S/C20H24N2O3S/c1-22(2)19(17-8-9-20-18(14-17)10-12-25-20)15-21-26(23,24)13-11-16-6-4-3-5-7-16/h3-9,11,13-14,19,21H,10,12,15H2,1-2H3/b13-11+. The molecule has 2 aromatic carbocycles. The Bertz CT molecular complexity index is 877. The van der Waals surface area contributed by atoms with E-state index in [1.54, 1.807) is 6.08 Å². The number of rotatable bonds is 7. The highest BCUT2D eigenvalue weighted by molar-refractivity contribution is 7.92. The van der Waals surface area contributed by atoms with Crippen LogP contribution in [0.4, 0.5) is 0 Å². The van der Waals surface area contributed by atoms with Gasteiger partial charge in [-0.3, -0.25) is 0 Å². The van der Waals surface area contributed by atoms with Gasteiger partial charge in [-0.1, -0.05) is 42.5 Å². The molecular weight excluding hydrogens is 348 g/mol. The second kappa shape index (κ2) is 8.03. The van der Waals surface area contributed by atoms with Gasteiger partial charge in [0.1, 0.15) is 5.75 Å². The van der Waals surface area contributed by atoms with Crippen LogP contribution in [0.2, 0.25) is 0 Å². The van der Waals surface area contributed by atoms with Crippen molar-refractivity contribution in [2.24, 2.45) is 0 Å². The van der Waals surface area contributed by atoms with Crippen LogP contribution in [0, 0.1) is 0 Å². The lowest BCUT2D eigenvalue weighted by molar-refractivity contribution is 0.299. The Morgan fingerprint density at radius 3 is 2.69 bits per heavy atom. The summed E-state index contributed by atoms with van der Waals surface area (Å²) >= 11 is 0. The van der Waals surface area contributed by atoms with Gasteiger partial charge < -0.3 is 9.64 Å². The van der Waals surface area contributed by atoms with Crippen LogP contribution in [0.3, 0.4) is 0 Å². The molecule has 0 aromatic heterocycles. The first kappa shape index (κ1) is 18.6. The van der Waals surface area contributed by atoms with Crippen molar-refractivity contribution in [3.63, 3.8) is 0 Å². The normalized spacial score (nSPS) is 15.2. The Kier molecular flexibility index (Phi) is 5.76. The van der Waals surface area contributed by atoms with Crippen molar-refractivity contribution in [1.29, 1.82) is 0 Å². The first-order chi connectivity index (χ1) is 12.4. The second-order valence-electron chi connectivity index (χ2n) is 6.55. The number of nitrogens with zero attached hydrogens (tertiary/aromatic N) is 1. The molecule has 0 amide bonds. The molecule has 0 saturated carbocycles. The van der Waals surface area contributed by atoms with E-state index in [-0.39, 0.29) is 6.04 Å². The lowest BCUT2D eigenvalue weighted by atomic mass is 10.0. The minimum Gasteiger partial charge on any atom is -0.493 e. The molecule has 0 saturated heterocycles. The molecule has 6 heteroatoms. The van der Waals surface area contributed by atoms with Crippen molar-refractivity contribution in [2.45, 2.75) is 12.5 Å². The molecule has 1 aliphatic heterocycles. The number of ether oxygens (including phenoxy) is 1. The molecule has 0 bridgehead atoms. The van der Waals surface area contributed by atoms with Crippen LogP contribution >= 0.6 is 0 Å². The third-order valence-electron chi connectivity index (χ3n) is 4.44. The van der Waals surface area contributed by atoms with E-state index in [2.05, 4.69) is 10.8 Å². The van der Waals surface area contributed by atoms with E-state index >= 15 is 0 Å². The fourth-order valence-corrected chi connectivity index (χ4v) is 3.81. The topological polar surface area (TPSA) is 58.6 Å². The largest absolute Gasteiger partial charge is 0.493 e. The molecule has 3 rings (SSSR count). The van der Waals surface area contributed by atoms with Gasteiger partial charge in [0, 0.05) is 24.4 Å². The van der Waals surface area contributed by atoms with E-state index in [1.165, 1.54) is 11.0 Å². The van der Waals surface area contributed by atoms with Crippen molar-refractivity contribution in [2.75, 3.05) is 27.2 Å². The van der Waals surface area contributed by atoms with E-state index in [1.807, 2.05) is 61.5 Å². The fourth-order valence-electron chi connectivity index (χ4n) is 2.99. The number of benzene rings is 2. The molecule has 1 aliphatic rings. The van der Waals surface area contributed by atoms with Crippen molar-refractivity contribution in [3.05, 3.63) is 70.6 Å². The predicted molar refractivity (Wildman–Crippen MR) is 104 cm³/mol. The molecule has 0 aliphatic carbocycles. The summed E-state index contributed by atoms with van der Waals surface area (Å²) in [6.45, 7) is 1.01. The molecule has 26 heavy (non-hydrogen) atoms. The molecule has 1 heterocycles. The molecular formula is C20H24N2O3S. The molecule has 1 atom stereocenters. The smallest absolute Gasteiger partial charge is 0.233 e. The van der Waals surface area contributed by atoms with Gasteiger partial charge in [-0.05, 0) is 42.9 Å². The fraction of sp³-hybridized carbons (Fsp3) is 0.300. The van der Waals surface area contributed by atoms with E-state index in [4.69, 9.17) is 4.74 Å². The molecule has 2 aromatic rings. The number of hydrogen-bond acceptors (Lipinski definition) is 4. The number of likely N-dealkylation sites (N-methyl/N-ethyl adjacent to an activating group) is 1. The number of fused-ring (bicyclic) bond motifs is 1. The third-order valence-corrected chi connectivity index (χ3v) is 5.50. The van der Waals surface area contributed by atoms with Gasteiger partial charge in [0.2, 0.25) is 10.0 Å². The average Bonchev–Trinajstić information content (AvgIpc) is 3.09. The predicted octanol–water partition coefficient (Wildman–Crippen LogP) is 2.81. The van der Waals surface area contributed by atoms with Crippen molar-refractivity contribution < 1.29 is 13.2 Å². The maximum absolute atomic E-state index is 12.3. The van der Waals surface area contributed by atoms with E-state index in [0.717, 1.165) is 23.3 Å². The van der Waals surface area contributed by atoms with Crippen LogP contribution in [0.5, 0.6) is 5.75 Å². The maximum atomic E-state index is 12.3. The summed E-state index contributed by atoms with van der Waals surface area (Å²) in [7, 11) is 0.384. The summed E-state index contributed by atoms with van der Waals surface area (Å²) in [5.74, 6) is 0.928. The summed E-state index contributed by atoms with van der Waals surface area (Å²) in [5, 5.41) is 1.21. The number of nitrogens with one attached hydrogen (secondary N) is 1. The quantitative estimate of drug-likeness (QED) is 0.812. The van der Waals surface area contributed by atoms with Gasteiger partial charge >= 0.3 is 0 Å². The molecule has 1 unspecified atom stereocenters. The van der Waals surface area contributed by atoms with E-state index in [9.17, 15) is 8.42 Å². The Balaban J connectivity index is 1.69. The highest BCUT2D eigenvalue weighted by atomic mass is 32.2. The first-order valence-electron chi connectivity index (χ1n) is 8.59.